The Morgan fingerprint density at radius 3 is 2.31 bits per heavy atom. The third-order valence-electron chi connectivity index (χ3n) is 7.08. The van der Waals surface area contributed by atoms with Crippen LogP contribution in [-0.2, 0) is 4.79 Å². The zero-order chi connectivity index (χ0) is 27.9. The van der Waals surface area contributed by atoms with Gasteiger partial charge in [0.2, 0.25) is 5.91 Å². The number of hydrogen-bond donors (Lipinski definition) is 0. The molecule has 10 heteroatoms. The van der Waals surface area contributed by atoms with Crippen LogP contribution in [0.1, 0.15) is 30.6 Å². The quantitative estimate of drug-likeness (QED) is 0.411. The van der Waals surface area contributed by atoms with Crippen molar-refractivity contribution in [1.82, 2.24) is 20.0 Å². The average Bonchev–Trinajstić information content (AvgIpc) is 2.99. The number of benzene rings is 2. The number of carbonyl (C=O) groups is 2. The van der Waals surface area contributed by atoms with Crippen molar-refractivity contribution in [2.75, 3.05) is 51.8 Å². The third-order valence-corrected chi connectivity index (χ3v) is 7.08. The highest BCUT2D eigenvalue weighted by atomic mass is 19.1. The molecule has 2 heterocycles. The Labute approximate surface area is 228 Å². The molecule has 206 valence electrons. The van der Waals surface area contributed by atoms with Crippen molar-refractivity contribution < 1.29 is 23.5 Å². The normalized spacial score (nSPS) is 14.1. The average molecular weight is 536 g/mol. The van der Waals surface area contributed by atoms with Crippen LogP contribution in [0.25, 0.3) is 11.3 Å². The lowest BCUT2D eigenvalue weighted by Crippen LogP contribution is -2.53. The Bertz CT molecular complexity index is 1300. The standard InChI is InChI=1S/C29H34FN5O4/c1-5-20(2)35(29(37)22-8-6-7-9-23(22)30)19-28(36)34-16-14-33(15-17-34)27-13-11-24(31-32-27)21-10-12-25(38-3)26(18-21)39-4/h6-13,18,20H,5,14-17,19H2,1-4H3. The van der Waals surface area contributed by atoms with Gasteiger partial charge in [0.15, 0.2) is 17.3 Å². The van der Waals surface area contributed by atoms with Crippen LogP contribution in [0.15, 0.2) is 54.6 Å². The van der Waals surface area contributed by atoms with Crippen molar-refractivity contribution in [2.24, 2.45) is 0 Å². The number of carbonyl (C=O) groups excluding carboxylic acids is 2. The fourth-order valence-electron chi connectivity index (χ4n) is 4.51. The van der Waals surface area contributed by atoms with Gasteiger partial charge in [-0.3, -0.25) is 9.59 Å². The molecule has 1 unspecified atom stereocenters. The van der Waals surface area contributed by atoms with E-state index in [-0.39, 0.29) is 24.1 Å². The van der Waals surface area contributed by atoms with E-state index >= 15 is 0 Å². The number of halogens is 1. The Morgan fingerprint density at radius 1 is 0.974 bits per heavy atom. The highest BCUT2D eigenvalue weighted by molar-refractivity contribution is 5.97. The van der Waals surface area contributed by atoms with Crippen molar-refractivity contribution in [2.45, 2.75) is 26.3 Å². The summed E-state index contributed by atoms with van der Waals surface area (Å²) in [6.45, 7) is 5.85. The second-order valence-corrected chi connectivity index (χ2v) is 9.38. The van der Waals surface area contributed by atoms with Crippen LogP contribution in [0.5, 0.6) is 11.5 Å². The van der Waals surface area contributed by atoms with Gasteiger partial charge in [-0.1, -0.05) is 19.1 Å². The molecule has 0 radical (unpaired) electrons. The lowest BCUT2D eigenvalue weighted by atomic mass is 10.1. The fourth-order valence-corrected chi connectivity index (χ4v) is 4.51. The fraction of sp³-hybridized carbons (Fsp3) is 0.379. The monoisotopic (exact) mass is 535 g/mol. The first kappa shape index (κ1) is 27.8. The number of piperazine rings is 1. The van der Waals surface area contributed by atoms with Crippen LogP contribution in [0.3, 0.4) is 0 Å². The Kier molecular flexibility index (Phi) is 8.96. The second kappa shape index (κ2) is 12.6. The molecular weight excluding hydrogens is 501 g/mol. The van der Waals surface area contributed by atoms with E-state index in [0.717, 1.165) is 11.4 Å². The molecule has 1 aliphatic rings. The molecule has 2 amide bonds. The Hall–Kier alpha value is -4.21. The summed E-state index contributed by atoms with van der Waals surface area (Å²) in [5, 5.41) is 8.80. The van der Waals surface area contributed by atoms with E-state index in [1.165, 1.54) is 17.0 Å². The first-order valence-electron chi connectivity index (χ1n) is 13.0. The largest absolute Gasteiger partial charge is 0.493 e. The predicted octanol–water partition coefficient (Wildman–Crippen LogP) is 3.89. The molecule has 0 N–H and O–H groups in total. The molecule has 3 aromatic rings. The number of amides is 2. The van der Waals surface area contributed by atoms with E-state index in [2.05, 4.69) is 15.1 Å². The molecule has 1 aromatic heterocycles. The molecule has 0 bridgehead atoms. The summed E-state index contributed by atoms with van der Waals surface area (Å²) in [6.07, 6.45) is 0.652. The highest BCUT2D eigenvalue weighted by Gasteiger charge is 2.29. The van der Waals surface area contributed by atoms with Gasteiger partial charge >= 0.3 is 0 Å². The number of aromatic nitrogens is 2. The smallest absolute Gasteiger partial charge is 0.257 e. The zero-order valence-corrected chi connectivity index (χ0v) is 22.8. The summed E-state index contributed by atoms with van der Waals surface area (Å²) in [4.78, 5) is 31.5. The van der Waals surface area contributed by atoms with Crippen LogP contribution < -0.4 is 14.4 Å². The van der Waals surface area contributed by atoms with E-state index in [9.17, 15) is 14.0 Å². The van der Waals surface area contributed by atoms with Crippen molar-refractivity contribution in [3.63, 3.8) is 0 Å². The van der Waals surface area contributed by atoms with E-state index in [4.69, 9.17) is 9.47 Å². The van der Waals surface area contributed by atoms with Gasteiger partial charge in [0.05, 0.1) is 25.5 Å². The lowest BCUT2D eigenvalue weighted by Gasteiger charge is -2.37. The topological polar surface area (TPSA) is 88.1 Å². The summed E-state index contributed by atoms with van der Waals surface area (Å²) >= 11 is 0. The molecule has 0 saturated carbocycles. The van der Waals surface area contributed by atoms with E-state index in [1.807, 2.05) is 44.2 Å². The summed E-state index contributed by atoms with van der Waals surface area (Å²) < 4.78 is 25.0. The van der Waals surface area contributed by atoms with E-state index in [1.54, 1.807) is 31.3 Å². The molecular formula is C29H34FN5O4. The second-order valence-electron chi connectivity index (χ2n) is 9.38. The van der Waals surface area contributed by atoms with Crippen LogP contribution in [-0.4, -0.2) is 84.8 Å². The predicted molar refractivity (Wildman–Crippen MR) is 147 cm³/mol. The molecule has 1 saturated heterocycles. The van der Waals surface area contributed by atoms with Crippen LogP contribution in [0.4, 0.5) is 10.2 Å². The van der Waals surface area contributed by atoms with Gasteiger partial charge in [-0.25, -0.2) is 4.39 Å². The molecule has 4 rings (SSSR count). The van der Waals surface area contributed by atoms with Gasteiger partial charge in [0, 0.05) is 37.8 Å². The van der Waals surface area contributed by atoms with Gasteiger partial charge in [-0.15, -0.1) is 10.2 Å². The number of hydrogen-bond acceptors (Lipinski definition) is 7. The van der Waals surface area contributed by atoms with Crippen molar-refractivity contribution in [3.05, 3.63) is 66.0 Å². The maximum Gasteiger partial charge on any atom is 0.257 e. The number of anilines is 1. The lowest BCUT2D eigenvalue weighted by molar-refractivity contribution is -0.132. The van der Waals surface area contributed by atoms with Crippen LogP contribution >= 0.6 is 0 Å². The van der Waals surface area contributed by atoms with E-state index < -0.39 is 11.7 Å². The number of nitrogens with zero attached hydrogens (tertiary/aromatic N) is 5. The molecule has 9 nitrogen and oxygen atoms in total. The molecule has 0 spiro atoms. The van der Waals surface area contributed by atoms with Crippen molar-refractivity contribution in [3.8, 4) is 22.8 Å². The Balaban J connectivity index is 1.37. The van der Waals surface area contributed by atoms with Crippen molar-refractivity contribution in [1.29, 1.82) is 0 Å². The van der Waals surface area contributed by atoms with Gasteiger partial charge in [-0.05, 0) is 55.8 Å². The van der Waals surface area contributed by atoms with Gasteiger partial charge in [0.25, 0.3) is 5.91 Å². The van der Waals surface area contributed by atoms with E-state index in [0.29, 0.717) is 49.8 Å². The van der Waals surface area contributed by atoms with Crippen LogP contribution in [0, 0.1) is 5.82 Å². The Morgan fingerprint density at radius 2 is 1.69 bits per heavy atom. The zero-order valence-electron chi connectivity index (χ0n) is 22.8. The van der Waals surface area contributed by atoms with Crippen molar-refractivity contribution >= 4 is 17.6 Å². The first-order chi connectivity index (χ1) is 18.9. The summed E-state index contributed by atoms with van der Waals surface area (Å²) in [5.74, 6) is 0.762. The molecule has 1 fully saturated rings. The summed E-state index contributed by atoms with van der Waals surface area (Å²) in [7, 11) is 3.18. The summed E-state index contributed by atoms with van der Waals surface area (Å²) in [6, 6.07) is 15.1. The minimum Gasteiger partial charge on any atom is -0.493 e. The van der Waals surface area contributed by atoms with Crippen LogP contribution in [0.2, 0.25) is 0 Å². The molecule has 39 heavy (non-hydrogen) atoms. The minimum absolute atomic E-state index is 0.0227. The number of methoxy groups -OCH3 is 2. The first-order valence-corrected chi connectivity index (χ1v) is 13.0. The molecule has 1 aliphatic heterocycles. The van der Waals surface area contributed by atoms with Gasteiger partial charge in [0.1, 0.15) is 12.4 Å². The molecule has 0 aliphatic carbocycles. The third kappa shape index (κ3) is 6.27. The maximum absolute atomic E-state index is 14.3. The minimum atomic E-state index is -0.588. The summed E-state index contributed by atoms with van der Waals surface area (Å²) in [5.41, 5.74) is 1.54. The highest BCUT2D eigenvalue weighted by Crippen LogP contribution is 2.31. The maximum atomic E-state index is 14.3. The number of ether oxygens (including phenoxy) is 2. The SMILES string of the molecule is CCC(C)N(CC(=O)N1CCN(c2ccc(-c3ccc(OC)c(OC)c3)nn2)CC1)C(=O)c1ccccc1F. The molecule has 1 atom stereocenters. The molecule has 2 aromatic carbocycles. The number of rotatable bonds is 9. The van der Waals surface area contributed by atoms with Gasteiger partial charge < -0.3 is 24.2 Å². The van der Waals surface area contributed by atoms with Gasteiger partial charge in [-0.2, -0.15) is 0 Å².